The number of amides is 1. The van der Waals surface area contributed by atoms with Crippen molar-refractivity contribution in [2.24, 2.45) is 0 Å². The van der Waals surface area contributed by atoms with E-state index in [1.54, 1.807) is 4.90 Å². The molecule has 31 heavy (non-hydrogen) atoms. The van der Waals surface area contributed by atoms with Crippen molar-refractivity contribution in [3.8, 4) is 11.5 Å². The Bertz CT molecular complexity index is 1160. The van der Waals surface area contributed by atoms with Gasteiger partial charge in [-0.25, -0.2) is 9.97 Å². The summed E-state index contributed by atoms with van der Waals surface area (Å²) in [5.74, 6) is 1.14. The second kappa shape index (κ2) is 8.61. The number of thiazole rings is 1. The van der Waals surface area contributed by atoms with Crippen LogP contribution in [0.25, 0.3) is 21.7 Å². The molecule has 0 saturated carbocycles. The summed E-state index contributed by atoms with van der Waals surface area (Å²) in [6, 6.07) is 17.7. The molecule has 3 heterocycles. The van der Waals surface area contributed by atoms with Crippen LogP contribution >= 0.6 is 11.3 Å². The van der Waals surface area contributed by atoms with Crippen LogP contribution in [-0.2, 0) is 16.0 Å². The smallest absolute Gasteiger partial charge is 0.235 e. The lowest BCUT2D eigenvalue weighted by molar-refractivity contribution is -0.118. The highest BCUT2D eigenvalue weighted by atomic mass is 32.1. The molecule has 0 unspecified atom stereocenters. The van der Waals surface area contributed by atoms with Gasteiger partial charge in [0.15, 0.2) is 5.13 Å². The number of anilines is 1. The number of carbonyl (C=O) groups is 1. The lowest BCUT2D eigenvalue weighted by atomic mass is 10.2. The van der Waals surface area contributed by atoms with Crippen molar-refractivity contribution in [3.05, 3.63) is 66.1 Å². The highest BCUT2D eigenvalue weighted by Crippen LogP contribution is 2.30. The number of ether oxygens (including phenoxy) is 1. The zero-order valence-electron chi connectivity index (χ0n) is 17.3. The summed E-state index contributed by atoms with van der Waals surface area (Å²) >= 11 is 1.53. The van der Waals surface area contributed by atoms with Crippen LogP contribution < -0.4 is 4.90 Å². The average Bonchev–Trinajstić information content (AvgIpc) is 3.53. The van der Waals surface area contributed by atoms with Gasteiger partial charge >= 0.3 is 0 Å². The molecule has 2 aromatic heterocycles. The predicted molar refractivity (Wildman–Crippen MR) is 121 cm³/mol. The molecule has 0 N–H and O–H groups in total. The van der Waals surface area contributed by atoms with Gasteiger partial charge in [-0.2, -0.15) is 0 Å². The van der Waals surface area contributed by atoms with E-state index in [1.165, 1.54) is 11.3 Å². The number of carbonyl (C=O) groups excluding carboxylic acids is 1. The molecule has 1 saturated heterocycles. The number of aryl methyl sites for hydroxylation is 1. The fraction of sp³-hybridized carbons (Fsp3) is 0.292. The summed E-state index contributed by atoms with van der Waals surface area (Å²) in [6.07, 6.45) is 2.17. The topological polar surface area (TPSA) is 68.5 Å². The molecular weight excluding hydrogens is 410 g/mol. The van der Waals surface area contributed by atoms with Crippen LogP contribution in [0.1, 0.15) is 24.3 Å². The van der Waals surface area contributed by atoms with Gasteiger partial charge in [0.1, 0.15) is 5.76 Å². The Morgan fingerprint density at radius 3 is 2.71 bits per heavy atom. The van der Waals surface area contributed by atoms with Crippen molar-refractivity contribution in [3.63, 3.8) is 0 Å². The van der Waals surface area contributed by atoms with E-state index in [-0.39, 0.29) is 18.4 Å². The fourth-order valence-corrected chi connectivity index (χ4v) is 4.78. The largest absolute Gasteiger partial charge is 0.441 e. The van der Waals surface area contributed by atoms with Gasteiger partial charge < -0.3 is 9.15 Å². The maximum atomic E-state index is 13.4. The maximum absolute atomic E-state index is 13.4. The van der Waals surface area contributed by atoms with Crippen molar-refractivity contribution < 1.29 is 13.9 Å². The fourth-order valence-electron chi connectivity index (χ4n) is 3.79. The summed E-state index contributed by atoms with van der Waals surface area (Å²) in [5.41, 5.74) is 2.45. The average molecular weight is 434 g/mol. The monoisotopic (exact) mass is 433 g/mol. The standard InChI is InChI=1S/C24H23N3O3S/c1-16-20(25-23(30-16)17-8-3-2-4-9-17)14-22(28)27(15-18-10-7-13-29-18)24-26-19-11-5-6-12-21(19)31-24/h2-6,8-9,11-12,18H,7,10,13-15H2,1H3/t18-/m1/s1. The summed E-state index contributed by atoms with van der Waals surface area (Å²) in [6.45, 7) is 3.10. The zero-order valence-corrected chi connectivity index (χ0v) is 18.1. The Morgan fingerprint density at radius 1 is 1.13 bits per heavy atom. The molecule has 0 aliphatic carbocycles. The van der Waals surface area contributed by atoms with Crippen molar-refractivity contribution in [1.82, 2.24) is 9.97 Å². The number of nitrogens with zero attached hydrogens (tertiary/aromatic N) is 3. The van der Waals surface area contributed by atoms with Gasteiger partial charge in [0.2, 0.25) is 11.8 Å². The molecule has 1 amide bonds. The SMILES string of the molecule is Cc1oc(-c2ccccc2)nc1CC(=O)N(C[C@H]1CCCO1)c1nc2ccccc2s1. The molecule has 0 radical (unpaired) electrons. The molecular formula is C24H23N3O3S. The lowest BCUT2D eigenvalue weighted by Gasteiger charge is -2.22. The van der Waals surface area contributed by atoms with E-state index in [4.69, 9.17) is 14.1 Å². The number of hydrogen-bond donors (Lipinski definition) is 0. The number of benzene rings is 2. The number of rotatable bonds is 6. The van der Waals surface area contributed by atoms with Gasteiger partial charge in [-0.3, -0.25) is 9.69 Å². The van der Waals surface area contributed by atoms with Crippen LogP contribution in [0.3, 0.4) is 0 Å². The first kappa shape index (κ1) is 19.9. The Labute approximate surface area is 184 Å². The Hall–Kier alpha value is -3.03. The van der Waals surface area contributed by atoms with E-state index in [0.29, 0.717) is 29.0 Å². The Kier molecular flexibility index (Phi) is 5.53. The third kappa shape index (κ3) is 4.24. The molecule has 1 aliphatic rings. The Balaban J connectivity index is 1.42. The van der Waals surface area contributed by atoms with Crippen molar-refractivity contribution in [2.45, 2.75) is 32.3 Å². The number of oxazole rings is 1. The molecule has 5 rings (SSSR count). The summed E-state index contributed by atoms with van der Waals surface area (Å²) in [4.78, 5) is 24.5. The van der Waals surface area contributed by atoms with E-state index >= 15 is 0 Å². The van der Waals surface area contributed by atoms with E-state index in [0.717, 1.165) is 35.2 Å². The van der Waals surface area contributed by atoms with Gasteiger partial charge in [-0.1, -0.05) is 41.7 Å². The second-order valence-electron chi connectivity index (χ2n) is 7.67. The Morgan fingerprint density at radius 2 is 1.94 bits per heavy atom. The molecule has 2 aromatic carbocycles. The number of fused-ring (bicyclic) bond motifs is 1. The lowest BCUT2D eigenvalue weighted by Crippen LogP contribution is -2.38. The van der Waals surface area contributed by atoms with Crippen LogP contribution in [-0.4, -0.2) is 35.1 Å². The highest BCUT2D eigenvalue weighted by molar-refractivity contribution is 7.22. The molecule has 158 valence electrons. The molecule has 1 aliphatic heterocycles. The number of para-hydroxylation sites is 1. The van der Waals surface area contributed by atoms with Gasteiger partial charge in [-0.15, -0.1) is 0 Å². The van der Waals surface area contributed by atoms with E-state index in [9.17, 15) is 4.79 Å². The van der Waals surface area contributed by atoms with Crippen LogP contribution in [0.15, 0.2) is 59.0 Å². The first-order valence-corrected chi connectivity index (χ1v) is 11.3. The minimum atomic E-state index is -0.0504. The number of hydrogen-bond acceptors (Lipinski definition) is 6. The third-order valence-corrected chi connectivity index (χ3v) is 6.52. The van der Waals surface area contributed by atoms with Crippen LogP contribution in [0.5, 0.6) is 0 Å². The van der Waals surface area contributed by atoms with Crippen molar-refractivity contribution >= 4 is 32.6 Å². The normalized spacial score (nSPS) is 16.1. The molecule has 4 aromatic rings. The first-order valence-electron chi connectivity index (χ1n) is 10.5. The zero-order chi connectivity index (χ0) is 21.2. The van der Waals surface area contributed by atoms with Gasteiger partial charge in [-0.05, 0) is 44.0 Å². The van der Waals surface area contributed by atoms with Crippen LogP contribution in [0.2, 0.25) is 0 Å². The third-order valence-electron chi connectivity index (χ3n) is 5.46. The van der Waals surface area contributed by atoms with Crippen LogP contribution in [0.4, 0.5) is 5.13 Å². The minimum absolute atomic E-state index is 0.0363. The minimum Gasteiger partial charge on any atom is -0.441 e. The summed E-state index contributed by atoms with van der Waals surface area (Å²) < 4.78 is 12.7. The molecule has 7 heteroatoms. The highest BCUT2D eigenvalue weighted by Gasteiger charge is 2.27. The van der Waals surface area contributed by atoms with Gasteiger partial charge in [0.25, 0.3) is 0 Å². The summed E-state index contributed by atoms with van der Waals surface area (Å²) in [7, 11) is 0. The second-order valence-corrected chi connectivity index (χ2v) is 8.68. The van der Waals surface area contributed by atoms with E-state index in [1.807, 2.05) is 61.5 Å². The molecule has 1 fully saturated rings. The number of aromatic nitrogens is 2. The molecule has 6 nitrogen and oxygen atoms in total. The molecule has 0 bridgehead atoms. The van der Waals surface area contributed by atoms with Gasteiger partial charge in [0, 0.05) is 12.2 Å². The van der Waals surface area contributed by atoms with Gasteiger partial charge in [0.05, 0.1) is 35.0 Å². The summed E-state index contributed by atoms with van der Waals surface area (Å²) in [5, 5.41) is 0.700. The van der Waals surface area contributed by atoms with E-state index < -0.39 is 0 Å². The van der Waals surface area contributed by atoms with Crippen molar-refractivity contribution in [1.29, 1.82) is 0 Å². The maximum Gasteiger partial charge on any atom is 0.235 e. The predicted octanol–water partition coefficient (Wildman–Crippen LogP) is 5.01. The first-order chi connectivity index (χ1) is 15.2. The van der Waals surface area contributed by atoms with E-state index in [2.05, 4.69) is 4.98 Å². The molecule has 1 atom stereocenters. The van der Waals surface area contributed by atoms with Crippen LogP contribution in [0, 0.1) is 6.92 Å². The molecule has 0 spiro atoms. The quantitative estimate of drug-likeness (QED) is 0.427. The van der Waals surface area contributed by atoms with Crippen molar-refractivity contribution in [2.75, 3.05) is 18.1 Å².